The molecule has 0 saturated carbocycles. The van der Waals surface area contributed by atoms with Crippen LogP contribution in [0.4, 0.5) is 4.39 Å². The van der Waals surface area contributed by atoms with Gasteiger partial charge < -0.3 is 10.2 Å². The van der Waals surface area contributed by atoms with Crippen LogP contribution in [0.5, 0.6) is 0 Å². The van der Waals surface area contributed by atoms with Gasteiger partial charge in [0, 0.05) is 28.9 Å². The number of nitrogens with one attached hydrogen (secondary N) is 1. The number of amides is 2. The summed E-state index contributed by atoms with van der Waals surface area (Å²) in [6.45, 7) is 4.82. The molecule has 1 aromatic carbocycles. The summed E-state index contributed by atoms with van der Waals surface area (Å²) in [6, 6.07) is 7.80. The van der Waals surface area contributed by atoms with Gasteiger partial charge in [0.25, 0.3) is 5.91 Å². The second-order valence-corrected chi connectivity index (χ2v) is 7.16. The lowest BCUT2D eigenvalue weighted by Gasteiger charge is -2.20. The minimum Gasteiger partial charge on any atom is -0.351 e. The largest absolute Gasteiger partial charge is 0.351 e. The van der Waals surface area contributed by atoms with Crippen molar-refractivity contribution in [2.75, 3.05) is 13.1 Å². The van der Waals surface area contributed by atoms with Gasteiger partial charge in [-0.3, -0.25) is 9.59 Å². The summed E-state index contributed by atoms with van der Waals surface area (Å²) in [4.78, 5) is 27.2. The van der Waals surface area contributed by atoms with Gasteiger partial charge in [-0.25, -0.2) is 4.39 Å². The van der Waals surface area contributed by atoms with Crippen LogP contribution in [0.3, 0.4) is 0 Å². The van der Waals surface area contributed by atoms with E-state index >= 15 is 0 Å². The molecule has 4 nitrogen and oxygen atoms in total. The third kappa shape index (κ3) is 5.79. The van der Waals surface area contributed by atoms with Crippen LogP contribution in [0.1, 0.15) is 21.7 Å². The van der Waals surface area contributed by atoms with Crippen LogP contribution in [-0.2, 0) is 11.3 Å². The molecule has 132 valence electrons. The van der Waals surface area contributed by atoms with Gasteiger partial charge in [0.05, 0.1) is 12.1 Å². The number of rotatable bonds is 8. The monoisotopic (exact) mass is 424 g/mol. The summed E-state index contributed by atoms with van der Waals surface area (Å²) in [5.74, 6) is -0.989. The first-order chi connectivity index (χ1) is 12.0. The van der Waals surface area contributed by atoms with Crippen molar-refractivity contribution in [2.24, 2.45) is 0 Å². The number of thiophene rings is 1. The molecule has 2 amide bonds. The number of carbonyl (C=O) groups excluding carboxylic acids is 2. The number of halogens is 2. The average molecular weight is 425 g/mol. The number of benzene rings is 1. The van der Waals surface area contributed by atoms with Gasteiger partial charge in [0.1, 0.15) is 5.82 Å². The highest BCUT2D eigenvalue weighted by Gasteiger charge is 2.15. The second-order valence-electron chi connectivity index (χ2n) is 5.27. The SMILES string of the molecule is C=CCN(Cc1cccs1)C(=O)CCNC(=O)c1cc(F)ccc1Br. The van der Waals surface area contributed by atoms with Crippen molar-refractivity contribution in [3.05, 3.63) is 69.1 Å². The van der Waals surface area contributed by atoms with E-state index in [1.165, 1.54) is 12.1 Å². The fourth-order valence-corrected chi connectivity index (χ4v) is 3.35. The van der Waals surface area contributed by atoms with E-state index < -0.39 is 11.7 Å². The van der Waals surface area contributed by atoms with Gasteiger partial charge in [0.15, 0.2) is 0 Å². The van der Waals surface area contributed by atoms with Gasteiger partial charge >= 0.3 is 0 Å². The van der Waals surface area contributed by atoms with Crippen LogP contribution in [0.25, 0.3) is 0 Å². The Kier molecular flexibility index (Phi) is 7.33. The van der Waals surface area contributed by atoms with E-state index in [4.69, 9.17) is 0 Å². The molecule has 1 aromatic heterocycles. The van der Waals surface area contributed by atoms with Crippen LogP contribution in [0.15, 0.2) is 52.8 Å². The van der Waals surface area contributed by atoms with Crippen molar-refractivity contribution in [2.45, 2.75) is 13.0 Å². The molecule has 0 aliphatic carbocycles. The maximum atomic E-state index is 13.3. The van der Waals surface area contributed by atoms with Gasteiger partial charge in [-0.15, -0.1) is 17.9 Å². The Morgan fingerprint density at radius 2 is 2.16 bits per heavy atom. The second kappa shape index (κ2) is 9.48. The van der Waals surface area contributed by atoms with E-state index in [1.807, 2.05) is 17.5 Å². The van der Waals surface area contributed by atoms with Crippen molar-refractivity contribution in [1.82, 2.24) is 10.2 Å². The topological polar surface area (TPSA) is 49.4 Å². The summed E-state index contributed by atoms with van der Waals surface area (Å²) >= 11 is 4.80. The van der Waals surface area contributed by atoms with E-state index in [1.54, 1.807) is 22.3 Å². The quantitative estimate of drug-likeness (QED) is 0.651. The highest BCUT2D eigenvalue weighted by molar-refractivity contribution is 9.10. The van der Waals surface area contributed by atoms with Gasteiger partial charge in [-0.2, -0.15) is 0 Å². The molecule has 0 unspecified atom stereocenters. The molecular formula is C18H18BrFN2O2S. The summed E-state index contributed by atoms with van der Waals surface area (Å²) in [6.07, 6.45) is 1.84. The molecule has 7 heteroatoms. The highest BCUT2D eigenvalue weighted by Crippen LogP contribution is 2.17. The van der Waals surface area contributed by atoms with Crippen molar-refractivity contribution in [3.8, 4) is 0 Å². The Morgan fingerprint density at radius 3 is 2.84 bits per heavy atom. The average Bonchev–Trinajstić information content (AvgIpc) is 3.09. The molecule has 0 aliphatic rings. The van der Waals surface area contributed by atoms with E-state index in [-0.39, 0.29) is 24.4 Å². The molecule has 1 heterocycles. The van der Waals surface area contributed by atoms with E-state index in [0.29, 0.717) is 17.6 Å². The lowest BCUT2D eigenvalue weighted by Crippen LogP contribution is -2.34. The van der Waals surface area contributed by atoms with E-state index in [2.05, 4.69) is 27.8 Å². The fraction of sp³-hybridized carbons (Fsp3) is 0.222. The van der Waals surface area contributed by atoms with Crippen molar-refractivity contribution >= 4 is 39.1 Å². The zero-order chi connectivity index (χ0) is 18.2. The standard InChI is InChI=1S/C18H18BrFN2O2S/c1-2-9-22(12-14-4-3-10-25-14)17(23)7-8-21-18(24)15-11-13(20)5-6-16(15)19/h2-6,10-11H,1,7-9,12H2,(H,21,24). The minimum absolute atomic E-state index is 0.0769. The Morgan fingerprint density at radius 1 is 1.36 bits per heavy atom. The maximum Gasteiger partial charge on any atom is 0.252 e. The molecule has 0 aliphatic heterocycles. The molecule has 2 rings (SSSR count). The zero-order valence-electron chi connectivity index (χ0n) is 13.5. The lowest BCUT2D eigenvalue weighted by molar-refractivity contribution is -0.131. The molecule has 0 saturated heterocycles. The molecule has 1 N–H and O–H groups in total. The Hall–Kier alpha value is -1.99. The summed E-state index contributed by atoms with van der Waals surface area (Å²) in [7, 11) is 0. The normalized spacial score (nSPS) is 10.3. The Labute approximate surface area is 158 Å². The number of hydrogen-bond donors (Lipinski definition) is 1. The van der Waals surface area contributed by atoms with E-state index in [9.17, 15) is 14.0 Å². The molecule has 0 bridgehead atoms. The lowest BCUT2D eigenvalue weighted by atomic mass is 10.2. The molecule has 0 fully saturated rings. The molecule has 0 radical (unpaired) electrons. The van der Waals surface area contributed by atoms with Crippen LogP contribution in [-0.4, -0.2) is 29.8 Å². The first kappa shape index (κ1) is 19.3. The molecule has 25 heavy (non-hydrogen) atoms. The van der Waals surface area contributed by atoms with Crippen LogP contribution >= 0.6 is 27.3 Å². The summed E-state index contributed by atoms with van der Waals surface area (Å²) in [5.41, 5.74) is 0.203. The molecule has 0 atom stereocenters. The third-order valence-electron chi connectivity index (χ3n) is 3.43. The van der Waals surface area contributed by atoms with E-state index in [0.717, 1.165) is 10.9 Å². The third-order valence-corrected chi connectivity index (χ3v) is 4.98. The summed E-state index contributed by atoms with van der Waals surface area (Å²) < 4.78 is 13.8. The van der Waals surface area contributed by atoms with Gasteiger partial charge in [-0.1, -0.05) is 12.1 Å². The van der Waals surface area contributed by atoms with Crippen LogP contribution in [0.2, 0.25) is 0 Å². The molecule has 2 aromatic rings. The predicted molar refractivity (Wildman–Crippen MR) is 101 cm³/mol. The zero-order valence-corrected chi connectivity index (χ0v) is 15.9. The molecule has 0 spiro atoms. The Bertz CT molecular complexity index is 750. The molecular weight excluding hydrogens is 407 g/mol. The van der Waals surface area contributed by atoms with Crippen LogP contribution in [0, 0.1) is 5.82 Å². The van der Waals surface area contributed by atoms with Crippen molar-refractivity contribution in [3.63, 3.8) is 0 Å². The maximum absolute atomic E-state index is 13.3. The number of hydrogen-bond acceptors (Lipinski definition) is 3. The highest BCUT2D eigenvalue weighted by atomic mass is 79.9. The van der Waals surface area contributed by atoms with Crippen LogP contribution < -0.4 is 5.32 Å². The van der Waals surface area contributed by atoms with Gasteiger partial charge in [-0.05, 0) is 45.6 Å². The first-order valence-corrected chi connectivity index (χ1v) is 9.33. The van der Waals surface area contributed by atoms with Crippen molar-refractivity contribution < 1.29 is 14.0 Å². The fourth-order valence-electron chi connectivity index (χ4n) is 2.21. The number of carbonyl (C=O) groups is 2. The number of nitrogens with zero attached hydrogens (tertiary/aromatic N) is 1. The van der Waals surface area contributed by atoms with Gasteiger partial charge in [0.2, 0.25) is 5.91 Å². The summed E-state index contributed by atoms with van der Waals surface area (Å²) in [5, 5.41) is 4.61. The first-order valence-electron chi connectivity index (χ1n) is 7.65. The predicted octanol–water partition coefficient (Wildman–Crippen LogP) is 3.98. The smallest absolute Gasteiger partial charge is 0.252 e. The Balaban J connectivity index is 1.88. The van der Waals surface area contributed by atoms with Crippen molar-refractivity contribution in [1.29, 1.82) is 0 Å². The minimum atomic E-state index is -0.488.